The number of nitriles is 1. The predicted octanol–water partition coefficient (Wildman–Crippen LogP) is 1.71. The monoisotopic (exact) mass is 234 g/mol. The SMILES string of the molecule is CCNC(C#N)COc1cccc(COC)c1. The first-order valence-corrected chi connectivity index (χ1v) is 5.63. The number of nitrogens with zero attached hydrogens (tertiary/aromatic N) is 1. The van der Waals surface area contributed by atoms with Crippen LogP contribution in [0.1, 0.15) is 12.5 Å². The van der Waals surface area contributed by atoms with E-state index in [9.17, 15) is 0 Å². The molecule has 0 saturated heterocycles. The molecule has 1 unspecified atom stereocenters. The van der Waals surface area contributed by atoms with Gasteiger partial charge in [0, 0.05) is 7.11 Å². The number of methoxy groups -OCH3 is 1. The fraction of sp³-hybridized carbons (Fsp3) is 0.462. The van der Waals surface area contributed by atoms with E-state index in [1.165, 1.54) is 0 Å². The topological polar surface area (TPSA) is 54.3 Å². The Morgan fingerprint density at radius 1 is 1.47 bits per heavy atom. The zero-order valence-corrected chi connectivity index (χ0v) is 10.3. The maximum absolute atomic E-state index is 8.86. The van der Waals surface area contributed by atoms with Gasteiger partial charge >= 0.3 is 0 Å². The number of hydrogen-bond acceptors (Lipinski definition) is 4. The molecule has 1 rings (SSSR count). The first-order valence-electron chi connectivity index (χ1n) is 5.63. The van der Waals surface area contributed by atoms with Crippen molar-refractivity contribution in [3.8, 4) is 11.8 Å². The highest BCUT2D eigenvalue weighted by atomic mass is 16.5. The van der Waals surface area contributed by atoms with Crippen LogP contribution in [-0.2, 0) is 11.3 Å². The van der Waals surface area contributed by atoms with Crippen molar-refractivity contribution in [1.29, 1.82) is 5.26 Å². The Kier molecular flexibility index (Phi) is 6.08. The maximum atomic E-state index is 8.86. The average molecular weight is 234 g/mol. The highest BCUT2D eigenvalue weighted by Crippen LogP contribution is 2.14. The molecule has 1 aromatic carbocycles. The van der Waals surface area contributed by atoms with E-state index in [1.54, 1.807) is 7.11 Å². The van der Waals surface area contributed by atoms with E-state index in [-0.39, 0.29) is 6.04 Å². The van der Waals surface area contributed by atoms with Crippen LogP contribution in [0.4, 0.5) is 0 Å². The number of nitrogens with one attached hydrogen (secondary N) is 1. The summed E-state index contributed by atoms with van der Waals surface area (Å²) < 4.78 is 10.6. The molecule has 0 aliphatic rings. The van der Waals surface area contributed by atoms with Crippen molar-refractivity contribution in [2.24, 2.45) is 0 Å². The van der Waals surface area contributed by atoms with Crippen LogP contribution in [0.25, 0.3) is 0 Å². The van der Waals surface area contributed by atoms with Crippen molar-refractivity contribution in [3.05, 3.63) is 29.8 Å². The molecule has 92 valence electrons. The lowest BCUT2D eigenvalue weighted by Gasteiger charge is -2.12. The molecular formula is C13H18N2O2. The number of ether oxygens (including phenoxy) is 2. The third-order valence-corrected chi connectivity index (χ3v) is 2.23. The summed E-state index contributed by atoms with van der Waals surface area (Å²) in [6.07, 6.45) is 0. The van der Waals surface area contributed by atoms with Crippen molar-refractivity contribution < 1.29 is 9.47 Å². The Balaban J connectivity index is 2.51. The van der Waals surface area contributed by atoms with Crippen molar-refractivity contribution in [2.45, 2.75) is 19.6 Å². The number of benzene rings is 1. The minimum absolute atomic E-state index is 0.272. The van der Waals surface area contributed by atoms with Gasteiger partial charge < -0.3 is 9.47 Å². The van der Waals surface area contributed by atoms with Crippen LogP contribution >= 0.6 is 0 Å². The summed E-state index contributed by atoms with van der Waals surface area (Å²) in [5, 5.41) is 11.9. The van der Waals surface area contributed by atoms with Gasteiger partial charge in [-0.2, -0.15) is 5.26 Å². The van der Waals surface area contributed by atoms with Gasteiger partial charge in [0.15, 0.2) is 0 Å². The van der Waals surface area contributed by atoms with Crippen molar-refractivity contribution >= 4 is 0 Å². The van der Waals surface area contributed by atoms with Gasteiger partial charge in [-0.1, -0.05) is 19.1 Å². The van der Waals surface area contributed by atoms with Crippen molar-refractivity contribution in [2.75, 3.05) is 20.3 Å². The van der Waals surface area contributed by atoms with Crippen molar-refractivity contribution in [3.63, 3.8) is 0 Å². The standard InChI is InChI=1S/C13H18N2O2/c1-3-15-12(8-14)10-17-13-6-4-5-11(7-13)9-16-2/h4-7,12,15H,3,9-10H2,1-2H3. The minimum atomic E-state index is -0.272. The van der Waals surface area contributed by atoms with Crippen LogP contribution in [0.2, 0.25) is 0 Å². The van der Waals surface area contributed by atoms with Gasteiger partial charge in [0.2, 0.25) is 0 Å². The fourth-order valence-corrected chi connectivity index (χ4v) is 1.46. The van der Waals surface area contributed by atoms with Crippen LogP contribution in [0, 0.1) is 11.3 Å². The summed E-state index contributed by atoms with van der Waals surface area (Å²) in [6, 6.07) is 9.56. The molecule has 0 aliphatic heterocycles. The molecule has 4 nitrogen and oxygen atoms in total. The van der Waals surface area contributed by atoms with Gasteiger partial charge in [-0.3, -0.25) is 5.32 Å². The molecule has 4 heteroatoms. The second-order valence-corrected chi connectivity index (χ2v) is 3.63. The molecule has 1 aromatic rings. The highest BCUT2D eigenvalue weighted by molar-refractivity contribution is 5.28. The first kappa shape index (κ1) is 13.5. The van der Waals surface area contributed by atoms with Gasteiger partial charge in [-0.25, -0.2) is 0 Å². The van der Waals surface area contributed by atoms with Gasteiger partial charge in [-0.15, -0.1) is 0 Å². The first-order chi connectivity index (χ1) is 8.30. The van der Waals surface area contributed by atoms with Gasteiger partial charge in [-0.05, 0) is 24.2 Å². The molecule has 0 spiro atoms. The Labute approximate surface area is 102 Å². The largest absolute Gasteiger partial charge is 0.491 e. The van der Waals surface area contributed by atoms with E-state index in [4.69, 9.17) is 14.7 Å². The Morgan fingerprint density at radius 2 is 2.29 bits per heavy atom. The molecule has 0 bridgehead atoms. The van der Waals surface area contributed by atoms with E-state index in [0.29, 0.717) is 13.2 Å². The zero-order chi connectivity index (χ0) is 12.5. The number of likely N-dealkylation sites (N-methyl/N-ethyl adjacent to an activating group) is 1. The van der Waals surface area contributed by atoms with Crippen LogP contribution in [0.15, 0.2) is 24.3 Å². The second kappa shape index (κ2) is 7.66. The normalized spacial score (nSPS) is 11.8. The molecule has 0 fully saturated rings. The Morgan fingerprint density at radius 3 is 2.94 bits per heavy atom. The van der Waals surface area contributed by atoms with E-state index in [0.717, 1.165) is 17.9 Å². The Hall–Kier alpha value is -1.57. The quantitative estimate of drug-likeness (QED) is 0.780. The summed E-state index contributed by atoms with van der Waals surface area (Å²) in [4.78, 5) is 0. The van der Waals surface area contributed by atoms with E-state index in [1.807, 2.05) is 31.2 Å². The molecule has 1 atom stereocenters. The van der Waals surface area contributed by atoms with Gasteiger partial charge in [0.25, 0.3) is 0 Å². The summed E-state index contributed by atoms with van der Waals surface area (Å²) in [7, 11) is 1.66. The van der Waals surface area contributed by atoms with E-state index >= 15 is 0 Å². The van der Waals surface area contributed by atoms with Crippen LogP contribution in [0.3, 0.4) is 0 Å². The van der Waals surface area contributed by atoms with Gasteiger partial charge in [0.1, 0.15) is 18.4 Å². The maximum Gasteiger partial charge on any atom is 0.130 e. The number of hydrogen-bond donors (Lipinski definition) is 1. The summed E-state index contributed by atoms with van der Waals surface area (Å²) in [5.41, 5.74) is 1.06. The molecule has 17 heavy (non-hydrogen) atoms. The third kappa shape index (κ3) is 4.85. The lowest BCUT2D eigenvalue weighted by molar-refractivity contribution is 0.184. The molecule has 0 aromatic heterocycles. The fourth-order valence-electron chi connectivity index (χ4n) is 1.46. The summed E-state index contributed by atoms with van der Waals surface area (Å²) >= 11 is 0. The smallest absolute Gasteiger partial charge is 0.130 e. The molecule has 0 amide bonds. The summed E-state index contributed by atoms with van der Waals surface area (Å²) in [6.45, 7) is 3.63. The second-order valence-electron chi connectivity index (χ2n) is 3.63. The number of rotatable bonds is 7. The molecule has 0 heterocycles. The lowest BCUT2D eigenvalue weighted by atomic mass is 10.2. The average Bonchev–Trinajstić information content (AvgIpc) is 2.35. The van der Waals surface area contributed by atoms with E-state index < -0.39 is 0 Å². The van der Waals surface area contributed by atoms with Gasteiger partial charge in [0.05, 0.1) is 12.7 Å². The highest BCUT2D eigenvalue weighted by Gasteiger charge is 2.06. The predicted molar refractivity (Wildman–Crippen MR) is 65.7 cm³/mol. The lowest BCUT2D eigenvalue weighted by Crippen LogP contribution is -2.32. The molecular weight excluding hydrogens is 216 g/mol. The minimum Gasteiger partial charge on any atom is -0.491 e. The van der Waals surface area contributed by atoms with Crippen LogP contribution in [-0.4, -0.2) is 26.3 Å². The zero-order valence-electron chi connectivity index (χ0n) is 10.3. The van der Waals surface area contributed by atoms with E-state index in [2.05, 4.69) is 11.4 Å². The molecule has 1 N–H and O–H groups in total. The molecule has 0 aliphatic carbocycles. The molecule has 0 saturated carbocycles. The van der Waals surface area contributed by atoms with Crippen LogP contribution in [0.5, 0.6) is 5.75 Å². The van der Waals surface area contributed by atoms with Crippen molar-refractivity contribution in [1.82, 2.24) is 5.32 Å². The third-order valence-electron chi connectivity index (χ3n) is 2.23. The molecule has 0 radical (unpaired) electrons. The van der Waals surface area contributed by atoms with Crippen LogP contribution < -0.4 is 10.1 Å². The summed E-state index contributed by atoms with van der Waals surface area (Å²) in [5.74, 6) is 0.762. The Bertz CT molecular complexity index is 374.